The molecule has 0 aliphatic rings. The van der Waals surface area contributed by atoms with E-state index in [-0.39, 0.29) is 16.7 Å². The second-order valence-corrected chi connectivity index (χ2v) is 4.16. The summed E-state index contributed by atoms with van der Waals surface area (Å²) in [4.78, 5) is 4.02. The summed E-state index contributed by atoms with van der Waals surface area (Å²) in [7, 11) is 0. The molecule has 1 aromatic rings. The molecule has 0 aliphatic heterocycles. The average Bonchev–Trinajstić information content (AvgIpc) is 2.32. The predicted octanol–water partition coefficient (Wildman–Crippen LogP) is 3.00. The Labute approximate surface area is 113 Å². The van der Waals surface area contributed by atoms with Crippen molar-refractivity contribution >= 4 is 23.2 Å². The van der Waals surface area contributed by atoms with Gasteiger partial charge in [0.15, 0.2) is 0 Å². The van der Waals surface area contributed by atoms with E-state index in [0.29, 0.717) is 6.54 Å². The first-order valence-electron chi connectivity index (χ1n) is 5.52. The van der Waals surface area contributed by atoms with Crippen molar-refractivity contribution in [3.05, 3.63) is 28.8 Å². The lowest BCUT2D eigenvalue weighted by molar-refractivity contribution is -0.137. The zero-order valence-electron chi connectivity index (χ0n) is 10.2. The highest BCUT2D eigenvalue weighted by Gasteiger charge is 2.31. The molecule has 0 radical (unpaired) electrons. The number of hydrazine groups is 1. The Morgan fingerprint density at radius 3 is 2.58 bits per heavy atom. The molecule has 8 heteroatoms. The molecule has 0 atom stereocenters. The van der Waals surface area contributed by atoms with Crippen molar-refractivity contribution in [2.45, 2.75) is 19.5 Å². The number of halogens is 4. The minimum absolute atomic E-state index is 0.0239. The molecule has 19 heavy (non-hydrogen) atoms. The van der Waals surface area contributed by atoms with Crippen molar-refractivity contribution in [1.29, 1.82) is 0 Å². The predicted molar refractivity (Wildman–Crippen MR) is 70.0 cm³/mol. The first kappa shape index (κ1) is 15.6. The van der Waals surface area contributed by atoms with Crippen LogP contribution in [0, 0.1) is 0 Å². The molecule has 0 spiro atoms. The van der Waals surface area contributed by atoms with Crippen LogP contribution in [0.25, 0.3) is 0 Å². The lowest BCUT2D eigenvalue weighted by Gasteiger charge is -2.12. The standard InChI is InChI=1S/C11H14ClF3N4/c1-2-3-17-10(19-16)18-9-5-7(11(13,14)15)4-8(12)6-9/h4-6H,2-3,16H2,1H3,(H2,17,18,19). The molecule has 4 nitrogen and oxygen atoms in total. The summed E-state index contributed by atoms with van der Waals surface area (Å²) >= 11 is 5.66. The molecular weight excluding hydrogens is 281 g/mol. The Morgan fingerprint density at radius 1 is 1.37 bits per heavy atom. The van der Waals surface area contributed by atoms with Gasteiger partial charge in [-0.15, -0.1) is 0 Å². The normalized spacial score (nSPS) is 12.4. The van der Waals surface area contributed by atoms with Gasteiger partial charge in [-0.25, -0.2) is 5.84 Å². The second kappa shape index (κ2) is 6.63. The number of nitrogens with two attached hydrogens (primary N) is 1. The van der Waals surface area contributed by atoms with Crippen LogP contribution in [0.1, 0.15) is 18.9 Å². The van der Waals surface area contributed by atoms with Gasteiger partial charge in [-0.3, -0.25) is 10.4 Å². The molecule has 1 aromatic carbocycles. The molecule has 0 saturated carbocycles. The van der Waals surface area contributed by atoms with E-state index in [1.807, 2.05) is 6.92 Å². The summed E-state index contributed by atoms with van der Waals surface area (Å²) in [6.45, 7) is 2.41. The van der Waals surface area contributed by atoms with Gasteiger partial charge in [0.2, 0.25) is 5.96 Å². The summed E-state index contributed by atoms with van der Waals surface area (Å²) in [5.41, 5.74) is 1.60. The van der Waals surface area contributed by atoms with E-state index in [4.69, 9.17) is 17.4 Å². The van der Waals surface area contributed by atoms with E-state index in [0.717, 1.165) is 18.6 Å². The quantitative estimate of drug-likeness (QED) is 0.347. The molecular formula is C11H14ClF3N4. The third-order valence-corrected chi connectivity index (χ3v) is 2.34. The number of nitrogens with zero attached hydrogens (tertiary/aromatic N) is 1. The SMILES string of the molecule is CCCN=C(NN)Nc1cc(Cl)cc(C(F)(F)F)c1. The minimum Gasteiger partial charge on any atom is -0.325 e. The number of aliphatic imine (C=N–C) groups is 1. The van der Waals surface area contributed by atoms with E-state index in [9.17, 15) is 13.2 Å². The molecule has 106 valence electrons. The maximum atomic E-state index is 12.6. The number of benzene rings is 1. The Balaban J connectivity index is 2.98. The van der Waals surface area contributed by atoms with Crippen molar-refractivity contribution in [3.63, 3.8) is 0 Å². The third kappa shape index (κ3) is 4.96. The largest absolute Gasteiger partial charge is 0.416 e. The Kier molecular flexibility index (Phi) is 5.44. The fourth-order valence-corrected chi connectivity index (χ4v) is 1.54. The molecule has 0 saturated heterocycles. The van der Waals surface area contributed by atoms with Gasteiger partial charge in [-0.1, -0.05) is 18.5 Å². The Hall–Kier alpha value is -1.47. The van der Waals surface area contributed by atoms with E-state index in [2.05, 4.69) is 15.7 Å². The molecule has 0 fully saturated rings. The third-order valence-electron chi connectivity index (χ3n) is 2.12. The van der Waals surface area contributed by atoms with E-state index < -0.39 is 11.7 Å². The van der Waals surface area contributed by atoms with Crippen LogP contribution in [0.4, 0.5) is 18.9 Å². The Bertz CT molecular complexity index is 460. The molecule has 1 rings (SSSR count). The van der Waals surface area contributed by atoms with Crippen molar-refractivity contribution in [2.75, 3.05) is 11.9 Å². The zero-order valence-corrected chi connectivity index (χ0v) is 10.9. The van der Waals surface area contributed by atoms with Crippen molar-refractivity contribution in [1.82, 2.24) is 5.43 Å². The Morgan fingerprint density at radius 2 is 2.05 bits per heavy atom. The fourth-order valence-electron chi connectivity index (χ4n) is 1.31. The van der Waals surface area contributed by atoms with E-state index in [1.54, 1.807) is 0 Å². The number of anilines is 1. The van der Waals surface area contributed by atoms with Crippen LogP contribution in [0.15, 0.2) is 23.2 Å². The highest BCUT2D eigenvalue weighted by Crippen LogP contribution is 2.33. The van der Waals surface area contributed by atoms with Crippen LogP contribution >= 0.6 is 11.6 Å². The van der Waals surface area contributed by atoms with Crippen molar-refractivity contribution in [2.24, 2.45) is 10.8 Å². The highest BCUT2D eigenvalue weighted by molar-refractivity contribution is 6.31. The van der Waals surface area contributed by atoms with E-state index in [1.165, 1.54) is 6.07 Å². The van der Waals surface area contributed by atoms with E-state index >= 15 is 0 Å². The van der Waals surface area contributed by atoms with Crippen LogP contribution in [0.3, 0.4) is 0 Å². The first-order valence-corrected chi connectivity index (χ1v) is 5.90. The van der Waals surface area contributed by atoms with Gasteiger partial charge in [0.1, 0.15) is 0 Å². The van der Waals surface area contributed by atoms with Crippen molar-refractivity contribution in [3.8, 4) is 0 Å². The van der Waals surface area contributed by atoms with Gasteiger partial charge in [-0.2, -0.15) is 13.2 Å². The summed E-state index contributed by atoms with van der Waals surface area (Å²) < 4.78 is 37.8. The van der Waals surface area contributed by atoms with Gasteiger partial charge in [0, 0.05) is 17.3 Å². The average molecular weight is 295 g/mol. The maximum absolute atomic E-state index is 12.6. The van der Waals surface area contributed by atoms with Crippen LogP contribution in [-0.4, -0.2) is 12.5 Å². The number of nitrogens with one attached hydrogen (secondary N) is 2. The van der Waals surface area contributed by atoms with Crippen molar-refractivity contribution < 1.29 is 13.2 Å². The number of hydrogen-bond donors (Lipinski definition) is 3. The van der Waals surface area contributed by atoms with Gasteiger partial charge in [0.25, 0.3) is 0 Å². The molecule has 0 aromatic heterocycles. The monoisotopic (exact) mass is 294 g/mol. The van der Waals surface area contributed by atoms with Crippen LogP contribution in [-0.2, 0) is 6.18 Å². The molecule has 4 N–H and O–H groups in total. The van der Waals surface area contributed by atoms with Crippen LogP contribution < -0.4 is 16.6 Å². The molecule has 0 unspecified atom stereocenters. The van der Waals surface area contributed by atoms with Crippen LogP contribution in [0.5, 0.6) is 0 Å². The fraction of sp³-hybridized carbons (Fsp3) is 0.364. The lowest BCUT2D eigenvalue weighted by atomic mass is 10.2. The molecule has 0 heterocycles. The highest BCUT2D eigenvalue weighted by atomic mass is 35.5. The number of guanidine groups is 1. The zero-order chi connectivity index (χ0) is 14.5. The smallest absolute Gasteiger partial charge is 0.325 e. The van der Waals surface area contributed by atoms with Gasteiger partial charge < -0.3 is 5.32 Å². The van der Waals surface area contributed by atoms with Gasteiger partial charge >= 0.3 is 6.18 Å². The molecule has 0 amide bonds. The number of hydrogen-bond acceptors (Lipinski definition) is 2. The van der Waals surface area contributed by atoms with Gasteiger partial charge in [0.05, 0.1) is 5.56 Å². The van der Waals surface area contributed by atoms with Crippen LogP contribution in [0.2, 0.25) is 5.02 Å². The number of rotatable bonds is 3. The summed E-state index contributed by atoms with van der Waals surface area (Å²) in [6, 6.07) is 3.14. The van der Waals surface area contributed by atoms with Gasteiger partial charge in [-0.05, 0) is 24.6 Å². The maximum Gasteiger partial charge on any atom is 0.416 e. The minimum atomic E-state index is -4.46. The molecule has 0 aliphatic carbocycles. The topological polar surface area (TPSA) is 62.4 Å². The lowest BCUT2D eigenvalue weighted by Crippen LogP contribution is -2.36. The first-order chi connectivity index (χ1) is 8.86. The number of alkyl halides is 3. The summed E-state index contributed by atoms with van der Waals surface area (Å²) in [5, 5.41) is 2.62. The molecule has 0 bridgehead atoms. The summed E-state index contributed by atoms with van der Waals surface area (Å²) in [6.07, 6.45) is -3.67. The second-order valence-electron chi connectivity index (χ2n) is 3.73. The summed E-state index contributed by atoms with van der Waals surface area (Å²) in [5.74, 6) is 5.40.